The summed E-state index contributed by atoms with van der Waals surface area (Å²) in [5.74, 6) is -4.25. The van der Waals surface area contributed by atoms with Gasteiger partial charge in [0.1, 0.15) is 13.2 Å². The normalized spacial score (nSPS) is 11.6. The standard InChI is InChI=1S/C65H55N5O15/c71-55-26-1-38(37-56(55)72)27-28-66-65(80)85-36-34-83-32-30-81-29-31-82-33-35-84-64(79)46-16-8-42(9-17-46)60-53-24-22-51(69-53)58(40-4-12-44(13-5-40)62(75)76)49-20-18-47(67-49)57(39-2-10-43(11-3-39)61(73)74)48-19-21-50(68-48)59(52-23-25-54(60)70-52)41-6-14-45(15-7-41)63(77)78/h1-26,37,67,70-72H,27-36H2,(H,66,80)(H,73,74)(H,75,76)(H,77,78). The monoisotopic (exact) mass is 1150 g/mol. The Morgan fingerprint density at radius 3 is 1.09 bits per heavy atom. The molecular formula is C65H55N5O15. The summed E-state index contributed by atoms with van der Waals surface area (Å²) in [6, 6.07) is 38.4. The number of benzene rings is 5. The number of alkyl carbamates (subject to hydrolysis) is 1. The Labute approximate surface area is 484 Å². The summed E-state index contributed by atoms with van der Waals surface area (Å²) < 4.78 is 27.2. The Balaban J connectivity index is 0.872. The molecule has 10 rings (SSSR count). The number of H-pyrrole nitrogens is 2. The van der Waals surface area contributed by atoms with Crippen molar-refractivity contribution in [3.63, 3.8) is 0 Å². The van der Waals surface area contributed by atoms with Crippen molar-refractivity contribution < 1.29 is 73.2 Å². The number of esters is 1. The van der Waals surface area contributed by atoms with E-state index in [0.717, 1.165) is 5.56 Å². The summed E-state index contributed by atoms with van der Waals surface area (Å²) in [7, 11) is 0. The number of carboxylic acids is 3. The minimum absolute atomic E-state index is 0.0164. The highest BCUT2D eigenvalue weighted by molar-refractivity contribution is 6.01. The van der Waals surface area contributed by atoms with Crippen LogP contribution in [-0.4, -0.2) is 135 Å². The predicted molar refractivity (Wildman–Crippen MR) is 317 cm³/mol. The number of hydrogen-bond acceptors (Lipinski definition) is 14. The third kappa shape index (κ3) is 13.8. The number of carboxylic acid groups (broad SMARTS) is 3. The molecular weight excluding hydrogens is 1090 g/mol. The molecule has 8 aromatic rings. The summed E-state index contributed by atoms with van der Waals surface area (Å²) in [5, 5.41) is 51.0. The number of fused-ring (bicyclic) bond motifs is 8. The molecule has 8 bridgehead atoms. The van der Waals surface area contributed by atoms with Gasteiger partial charge in [0, 0.05) is 50.9 Å². The zero-order chi connectivity index (χ0) is 59.4. The highest BCUT2D eigenvalue weighted by Crippen LogP contribution is 2.39. The van der Waals surface area contributed by atoms with Crippen LogP contribution in [0.1, 0.15) is 69.8 Å². The molecule has 0 aliphatic carbocycles. The first-order valence-corrected chi connectivity index (χ1v) is 26.9. The number of aromatic amines is 2. The van der Waals surface area contributed by atoms with E-state index < -0.39 is 30.0 Å². The lowest BCUT2D eigenvalue weighted by molar-refractivity contribution is -0.00415. The SMILES string of the molecule is O=C(NCCc1ccc(O)c(O)c1)OCCOCCOCCOCCOC(=O)c1ccc(-c2c3nc(c(-c4ccc(C(=O)O)cc4)c4ccc([nH]4)c(-c4ccc(C(=O)O)cc4)c4nc(c(-c5ccc(C(=O)O)cc5)c5ccc2[nH]5)C=C4)C=C3)cc1. The lowest BCUT2D eigenvalue weighted by atomic mass is 10.0. The molecule has 20 nitrogen and oxygen atoms in total. The number of aromatic carboxylic acids is 3. The molecule has 3 aromatic heterocycles. The Morgan fingerprint density at radius 2 is 0.741 bits per heavy atom. The van der Waals surface area contributed by atoms with Crippen molar-refractivity contribution in [1.29, 1.82) is 0 Å². The maximum Gasteiger partial charge on any atom is 0.407 e. The Bertz CT molecular complexity index is 4000. The summed E-state index contributed by atoms with van der Waals surface area (Å²) in [6.07, 6.45) is 7.31. The number of aromatic nitrogens is 4. The maximum absolute atomic E-state index is 13.3. The first-order chi connectivity index (χ1) is 41.3. The van der Waals surface area contributed by atoms with Crippen molar-refractivity contribution in [2.45, 2.75) is 6.42 Å². The van der Waals surface area contributed by atoms with E-state index in [1.54, 1.807) is 66.7 Å². The lowest BCUT2D eigenvalue weighted by Gasteiger charge is -2.09. The van der Waals surface area contributed by atoms with Gasteiger partial charge in [-0.25, -0.2) is 33.9 Å². The quantitative estimate of drug-likeness (QED) is 0.0168. The molecule has 0 saturated heterocycles. The number of nitrogens with zero attached hydrogens (tertiary/aromatic N) is 2. The molecule has 2 aliphatic heterocycles. The van der Waals surface area contributed by atoms with Crippen LogP contribution in [0.3, 0.4) is 0 Å². The van der Waals surface area contributed by atoms with E-state index in [9.17, 15) is 49.5 Å². The van der Waals surface area contributed by atoms with Gasteiger partial charge < -0.3 is 64.5 Å². The number of ether oxygens (including phenoxy) is 5. The van der Waals surface area contributed by atoms with E-state index >= 15 is 0 Å². The minimum Gasteiger partial charge on any atom is -0.504 e. The second-order valence-electron chi connectivity index (χ2n) is 19.3. The molecule has 0 radical (unpaired) electrons. The third-order valence-electron chi connectivity index (χ3n) is 13.8. The first kappa shape index (κ1) is 57.6. The molecule has 8 N–H and O–H groups in total. The van der Waals surface area contributed by atoms with Gasteiger partial charge in [-0.05, 0) is 143 Å². The number of rotatable bonds is 23. The minimum atomic E-state index is -1.08. The van der Waals surface area contributed by atoms with Crippen LogP contribution in [0, 0.1) is 0 Å². The first-order valence-electron chi connectivity index (χ1n) is 26.9. The predicted octanol–water partition coefficient (Wildman–Crippen LogP) is 11.0. The highest BCUT2D eigenvalue weighted by atomic mass is 16.6. The smallest absolute Gasteiger partial charge is 0.407 e. The molecule has 430 valence electrons. The van der Waals surface area contributed by atoms with E-state index in [2.05, 4.69) is 15.3 Å². The van der Waals surface area contributed by atoms with Gasteiger partial charge in [0.2, 0.25) is 0 Å². The van der Waals surface area contributed by atoms with E-state index in [1.165, 1.54) is 48.5 Å². The molecule has 0 spiro atoms. The molecule has 5 heterocycles. The van der Waals surface area contributed by atoms with Crippen molar-refractivity contribution in [3.05, 3.63) is 190 Å². The van der Waals surface area contributed by atoms with Gasteiger partial charge in [0.15, 0.2) is 11.5 Å². The van der Waals surface area contributed by atoms with Crippen molar-refractivity contribution >= 4 is 76.3 Å². The molecule has 5 aromatic carbocycles. The van der Waals surface area contributed by atoms with Crippen molar-refractivity contribution in [3.8, 4) is 56.0 Å². The number of phenolic OH excluding ortho intramolecular Hbond substituents is 2. The molecule has 2 aliphatic rings. The highest BCUT2D eigenvalue weighted by Gasteiger charge is 2.21. The van der Waals surface area contributed by atoms with Crippen molar-refractivity contribution in [2.24, 2.45) is 0 Å². The van der Waals surface area contributed by atoms with Crippen LogP contribution < -0.4 is 5.32 Å². The summed E-state index contributed by atoms with van der Waals surface area (Å²) in [5.41, 5.74) is 11.4. The van der Waals surface area contributed by atoms with E-state index in [-0.39, 0.29) is 87.6 Å². The van der Waals surface area contributed by atoms with Crippen LogP contribution in [0.4, 0.5) is 4.79 Å². The van der Waals surface area contributed by atoms with Gasteiger partial charge in [-0.1, -0.05) is 54.6 Å². The fourth-order valence-corrected chi connectivity index (χ4v) is 9.63. The lowest BCUT2D eigenvalue weighted by Crippen LogP contribution is -2.27. The van der Waals surface area contributed by atoms with Crippen LogP contribution in [0.5, 0.6) is 11.5 Å². The fraction of sp³-hybridized carbons (Fsp3) is 0.154. The topological polar surface area (TPSA) is 302 Å². The van der Waals surface area contributed by atoms with Gasteiger partial charge in [-0.3, -0.25) is 0 Å². The molecule has 0 atom stereocenters. The van der Waals surface area contributed by atoms with Crippen molar-refractivity contribution in [2.75, 3.05) is 59.4 Å². The second-order valence-corrected chi connectivity index (χ2v) is 19.3. The average molecular weight is 1150 g/mol. The van der Waals surface area contributed by atoms with Gasteiger partial charge >= 0.3 is 30.0 Å². The summed E-state index contributed by atoms with van der Waals surface area (Å²) >= 11 is 0. The molecule has 85 heavy (non-hydrogen) atoms. The number of hydrogen-bond donors (Lipinski definition) is 8. The van der Waals surface area contributed by atoms with Crippen LogP contribution in [-0.2, 0) is 30.1 Å². The average Bonchev–Trinajstić information content (AvgIpc) is 3.35. The molecule has 1 amide bonds. The fourth-order valence-electron chi connectivity index (χ4n) is 9.63. The van der Waals surface area contributed by atoms with Crippen LogP contribution in [0.15, 0.2) is 140 Å². The third-order valence-corrected chi connectivity index (χ3v) is 13.8. The molecule has 0 fully saturated rings. The molecule has 20 heteroatoms. The number of nitrogens with one attached hydrogen (secondary N) is 3. The van der Waals surface area contributed by atoms with Gasteiger partial charge in [0.05, 0.1) is 84.7 Å². The number of carbonyl (C=O) groups is 5. The van der Waals surface area contributed by atoms with Crippen LogP contribution in [0.2, 0.25) is 0 Å². The Kier molecular flexibility index (Phi) is 17.9. The van der Waals surface area contributed by atoms with Gasteiger partial charge in [-0.2, -0.15) is 0 Å². The number of carbonyl (C=O) groups excluding carboxylic acids is 2. The second kappa shape index (κ2) is 26.5. The number of phenols is 2. The molecule has 0 unspecified atom stereocenters. The maximum atomic E-state index is 13.3. The van der Waals surface area contributed by atoms with Gasteiger partial charge in [0.25, 0.3) is 0 Å². The van der Waals surface area contributed by atoms with Crippen LogP contribution >= 0.6 is 0 Å². The summed E-state index contributed by atoms with van der Waals surface area (Å²) in [6.45, 7) is 1.64. The summed E-state index contributed by atoms with van der Waals surface area (Å²) in [4.78, 5) is 78.9. The Morgan fingerprint density at radius 1 is 0.400 bits per heavy atom. The van der Waals surface area contributed by atoms with E-state index in [0.29, 0.717) is 101 Å². The zero-order valence-electron chi connectivity index (χ0n) is 45.4. The largest absolute Gasteiger partial charge is 0.504 e. The number of amides is 1. The number of aromatic hydroxyl groups is 2. The van der Waals surface area contributed by atoms with Crippen molar-refractivity contribution in [1.82, 2.24) is 25.3 Å². The van der Waals surface area contributed by atoms with E-state index in [1.807, 2.05) is 48.6 Å². The zero-order valence-corrected chi connectivity index (χ0v) is 45.4. The molecule has 0 saturated carbocycles. The van der Waals surface area contributed by atoms with E-state index in [4.69, 9.17) is 33.7 Å². The van der Waals surface area contributed by atoms with Crippen LogP contribution in [0.25, 0.3) is 90.9 Å². The Hall–Kier alpha value is -10.7. The van der Waals surface area contributed by atoms with Gasteiger partial charge in [-0.15, -0.1) is 0 Å².